The number of fused-ring (bicyclic) bond motifs is 1. The third-order valence-electron chi connectivity index (χ3n) is 2.84. The molecule has 0 unspecified atom stereocenters. The average Bonchev–Trinajstić information content (AvgIpc) is 2.84. The van der Waals surface area contributed by atoms with Crippen LogP contribution < -0.4 is 10.4 Å². The molecule has 0 spiro atoms. The fourth-order valence-corrected chi connectivity index (χ4v) is 2.15. The van der Waals surface area contributed by atoms with E-state index in [1.54, 1.807) is 6.07 Å². The van der Waals surface area contributed by atoms with Gasteiger partial charge in [0.25, 0.3) is 0 Å². The van der Waals surface area contributed by atoms with Gasteiger partial charge in [-0.15, -0.1) is 0 Å². The van der Waals surface area contributed by atoms with E-state index in [0.717, 1.165) is 17.0 Å². The molecule has 0 fully saturated rings. The van der Waals surface area contributed by atoms with Crippen LogP contribution in [0.1, 0.15) is 6.92 Å². The van der Waals surface area contributed by atoms with Gasteiger partial charge in [-0.25, -0.2) is 9.78 Å². The van der Waals surface area contributed by atoms with Crippen LogP contribution in [0.2, 0.25) is 0 Å². The van der Waals surface area contributed by atoms with Crippen molar-refractivity contribution in [3.8, 4) is 17.0 Å². The molecular formula is C13H12N4O2S. The fourth-order valence-electron chi connectivity index (χ4n) is 1.97. The Balaban J connectivity index is 2.08. The minimum Gasteiger partial charge on any atom is -0.494 e. The zero-order chi connectivity index (χ0) is 14.1. The molecule has 0 radical (unpaired) electrons. The first kappa shape index (κ1) is 12.6. The lowest BCUT2D eigenvalue weighted by Gasteiger charge is -2.03. The van der Waals surface area contributed by atoms with Gasteiger partial charge in [-0.1, -0.05) is 0 Å². The van der Waals surface area contributed by atoms with Crippen LogP contribution in [-0.4, -0.2) is 26.2 Å². The second-order valence-electron chi connectivity index (χ2n) is 4.17. The van der Waals surface area contributed by atoms with Crippen molar-refractivity contribution >= 4 is 17.9 Å². The minimum atomic E-state index is -0.336. The smallest absolute Gasteiger partial charge is 0.348 e. The highest BCUT2D eigenvalue weighted by atomic mass is 32.1. The highest BCUT2D eigenvalue weighted by molar-refractivity contribution is 7.71. The van der Waals surface area contributed by atoms with Gasteiger partial charge >= 0.3 is 5.69 Å². The van der Waals surface area contributed by atoms with Crippen molar-refractivity contribution in [3.63, 3.8) is 0 Å². The van der Waals surface area contributed by atoms with Crippen LogP contribution in [0.4, 0.5) is 0 Å². The molecule has 2 N–H and O–H groups in total. The zero-order valence-electron chi connectivity index (χ0n) is 10.7. The summed E-state index contributed by atoms with van der Waals surface area (Å²) >= 11 is 4.89. The van der Waals surface area contributed by atoms with Crippen molar-refractivity contribution in [1.29, 1.82) is 0 Å². The van der Waals surface area contributed by atoms with E-state index in [-0.39, 0.29) is 10.5 Å². The average molecular weight is 288 g/mol. The number of aromatic nitrogens is 4. The Bertz CT molecular complexity index is 860. The number of rotatable bonds is 3. The molecule has 7 heteroatoms. The van der Waals surface area contributed by atoms with E-state index in [9.17, 15) is 4.79 Å². The van der Waals surface area contributed by atoms with Gasteiger partial charge in [-0.2, -0.15) is 4.52 Å². The molecule has 0 aliphatic heterocycles. The van der Waals surface area contributed by atoms with E-state index in [1.807, 2.05) is 31.2 Å². The summed E-state index contributed by atoms with van der Waals surface area (Å²) in [5.74, 6) is 0.809. The molecule has 2 heterocycles. The topological polar surface area (TPSA) is 75.2 Å². The van der Waals surface area contributed by atoms with Gasteiger partial charge in [0.1, 0.15) is 5.75 Å². The molecule has 3 rings (SSSR count). The second-order valence-corrected chi connectivity index (χ2v) is 4.55. The SMILES string of the molecule is CCOc1ccc(-c2cc3nc(=S)[nH]c(=O)n3[nH]2)cc1. The standard InChI is InChI=1S/C13H12N4O2S/c1-2-19-9-5-3-8(4-6-9)10-7-11-14-12(20)15-13(18)17(11)16-10/h3-7,16H,2H2,1H3,(H,15,18,20). The number of ether oxygens (including phenoxy) is 1. The van der Waals surface area contributed by atoms with Crippen LogP contribution in [0.15, 0.2) is 35.1 Å². The summed E-state index contributed by atoms with van der Waals surface area (Å²) < 4.78 is 6.89. The van der Waals surface area contributed by atoms with Crippen molar-refractivity contribution < 1.29 is 4.74 Å². The maximum atomic E-state index is 11.7. The molecule has 0 atom stereocenters. The second kappa shape index (κ2) is 4.93. The molecule has 0 amide bonds. The van der Waals surface area contributed by atoms with Gasteiger partial charge in [0.2, 0.25) is 4.77 Å². The van der Waals surface area contributed by atoms with Crippen LogP contribution in [0.5, 0.6) is 5.75 Å². The Kier molecular flexibility index (Phi) is 3.11. The zero-order valence-corrected chi connectivity index (χ0v) is 11.5. The van der Waals surface area contributed by atoms with E-state index in [1.165, 1.54) is 4.52 Å². The normalized spacial score (nSPS) is 10.8. The molecule has 6 nitrogen and oxygen atoms in total. The van der Waals surface area contributed by atoms with Crippen LogP contribution in [-0.2, 0) is 0 Å². The fraction of sp³-hybridized carbons (Fsp3) is 0.154. The van der Waals surface area contributed by atoms with E-state index >= 15 is 0 Å². The summed E-state index contributed by atoms with van der Waals surface area (Å²) in [7, 11) is 0. The van der Waals surface area contributed by atoms with Crippen molar-refractivity contribution in [3.05, 3.63) is 45.6 Å². The maximum Gasteiger partial charge on any atom is 0.348 e. The Morgan fingerprint density at radius 1 is 1.35 bits per heavy atom. The highest BCUT2D eigenvalue weighted by Crippen LogP contribution is 2.21. The van der Waals surface area contributed by atoms with E-state index in [2.05, 4.69) is 15.1 Å². The predicted molar refractivity (Wildman–Crippen MR) is 77.6 cm³/mol. The quantitative estimate of drug-likeness (QED) is 0.724. The summed E-state index contributed by atoms with van der Waals surface area (Å²) in [4.78, 5) is 18.3. The van der Waals surface area contributed by atoms with Crippen molar-refractivity contribution in [2.75, 3.05) is 6.61 Å². The summed E-state index contributed by atoms with van der Waals surface area (Å²) in [6.07, 6.45) is 0. The summed E-state index contributed by atoms with van der Waals surface area (Å²) in [6, 6.07) is 9.37. The molecule has 0 saturated carbocycles. The molecule has 3 aromatic rings. The maximum absolute atomic E-state index is 11.7. The number of H-pyrrole nitrogens is 2. The van der Waals surface area contributed by atoms with E-state index in [0.29, 0.717) is 12.3 Å². The van der Waals surface area contributed by atoms with Crippen molar-refractivity contribution in [2.24, 2.45) is 0 Å². The summed E-state index contributed by atoms with van der Waals surface area (Å²) in [5.41, 5.74) is 1.87. The minimum absolute atomic E-state index is 0.173. The third kappa shape index (κ3) is 2.23. The van der Waals surface area contributed by atoms with Crippen LogP contribution in [0, 0.1) is 4.77 Å². The first-order valence-electron chi connectivity index (χ1n) is 6.12. The van der Waals surface area contributed by atoms with Gasteiger partial charge < -0.3 is 4.74 Å². The first-order valence-corrected chi connectivity index (χ1v) is 6.53. The number of hydrogen-bond acceptors (Lipinski definition) is 4. The third-order valence-corrected chi connectivity index (χ3v) is 3.04. The molecule has 0 saturated heterocycles. The number of nitrogens with one attached hydrogen (secondary N) is 2. The molecule has 1 aromatic carbocycles. The van der Waals surface area contributed by atoms with Crippen LogP contribution in [0.3, 0.4) is 0 Å². The van der Waals surface area contributed by atoms with E-state index in [4.69, 9.17) is 17.0 Å². The van der Waals surface area contributed by atoms with Gasteiger partial charge in [-0.05, 0) is 49.0 Å². The number of benzene rings is 1. The van der Waals surface area contributed by atoms with Crippen molar-refractivity contribution in [2.45, 2.75) is 6.92 Å². The first-order chi connectivity index (χ1) is 9.67. The largest absolute Gasteiger partial charge is 0.494 e. The lowest BCUT2D eigenvalue weighted by molar-refractivity contribution is 0.340. The van der Waals surface area contributed by atoms with Crippen molar-refractivity contribution in [1.82, 2.24) is 19.6 Å². The molecule has 0 bridgehead atoms. The molecule has 0 aliphatic carbocycles. The lowest BCUT2D eigenvalue weighted by Crippen LogP contribution is -2.18. The molecular weight excluding hydrogens is 276 g/mol. The Morgan fingerprint density at radius 3 is 2.80 bits per heavy atom. The molecule has 0 aliphatic rings. The van der Waals surface area contributed by atoms with E-state index < -0.39 is 0 Å². The van der Waals surface area contributed by atoms with Gasteiger partial charge in [0.15, 0.2) is 5.65 Å². The number of hydrogen-bond donors (Lipinski definition) is 2. The molecule has 20 heavy (non-hydrogen) atoms. The Morgan fingerprint density at radius 2 is 2.10 bits per heavy atom. The summed E-state index contributed by atoms with van der Waals surface area (Å²) in [6.45, 7) is 2.56. The number of aromatic amines is 2. The highest BCUT2D eigenvalue weighted by Gasteiger charge is 2.06. The lowest BCUT2D eigenvalue weighted by atomic mass is 10.1. The van der Waals surface area contributed by atoms with Gasteiger partial charge in [0, 0.05) is 6.07 Å². The Labute approximate surface area is 119 Å². The number of nitrogens with zero attached hydrogens (tertiary/aromatic N) is 2. The predicted octanol–water partition coefficient (Wildman–Crippen LogP) is 2.15. The van der Waals surface area contributed by atoms with Crippen LogP contribution >= 0.6 is 12.2 Å². The van der Waals surface area contributed by atoms with Crippen LogP contribution in [0.25, 0.3) is 16.9 Å². The van der Waals surface area contributed by atoms with Gasteiger partial charge in [-0.3, -0.25) is 10.1 Å². The summed E-state index contributed by atoms with van der Waals surface area (Å²) in [5, 5.41) is 2.98. The monoisotopic (exact) mass is 288 g/mol. The van der Waals surface area contributed by atoms with Gasteiger partial charge in [0.05, 0.1) is 12.3 Å². The molecule has 2 aromatic heterocycles. The molecule has 102 valence electrons. The Hall–Kier alpha value is -2.41.